The summed E-state index contributed by atoms with van der Waals surface area (Å²) < 4.78 is 6.85. The summed E-state index contributed by atoms with van der Waals surface area (Å²) in [4.78, 5) is 4.33. The van der Waals surface area contributed by atoms with Crippen LogP contribution in [0.1, 0.15) is 18.2 Å². The first-order valence-corrected chi connectivity index (χ1v) is 8.39. The lowest BCUT2D eigenvalue weighted by atomic mass is 10.1. The zero-order valence-electron chi connectivity index (χ0n) is 14.9. The second-order valence-electron chi connectivity index (χ2n) is 5.73. The first-order valence-electron chi connectivity index (χ1n) is 8.39. The van der Waals surface area contributed by atoms with Crippen molar-refractivity contribution in [3.8, 4) is 11.4 Å². The van der Waals surface area contributed by atoms with E-state index in [9.17, 15) is 0 Å². The van der Waals surface area contributed by atoms with Crippen LogP contribution in [0.15, 0.2) is 59.7 Å². The fraction of sp³-hybridized carbons (Fsp3) is 0.211. The monoisotopic (exact) mass is 350 g/mol. The number of anilines is 1. The van der Waals surface area contributed by atoms with Gasteiger partial charge >= 0.3 is 0 Å². The summed E-state index contributed by atoms with van der Waals surface area (Å²) in [5.74, 6) is 1.14. The van der Waals surface area contributed by atoms with E-state index in [4.69, 9.17) is 10.5 Å². The molecule has 2 aromatic carbocycles. The van der Waals surface area contributed by atoms with Crippen LogP contribution >= 0.6 is 0 Å². The van der Waals surface area contributed by atoms with Crippen molar-refractivity contribution >= 4 is 11.6 Å². The van der Waals surface area contributed by atoms with Gasteiger partial charge in [-0.05, 0) is 48.4 Å². The van der Waals surface area contributed by atoms with Gasteiger partial charge in [0.15, 0.2) is 5.96 Å². The normalized spacial score (nSPS) is 11.4. The number of guanidine groups is 1. The molecule has 1 aromatic heterocycles. The summed E-state index contributed by atoms with van der Waals surface area (Å²) in [5, 5.41) is 11.4. The van der Waals surface area contributed by atoms with E-state index in [0.717, 1.165) is 29.2 Å². The lowest BCUT2D eigenvalue weighted by Crippen LogP contribution is -2.22. The topological polar surface area (TPSA) is 90.3 Å². The number of ether oxygens (including phenoxy) is 1. The smallest absolute Gasteiger partial charge is 0.193 e. The van der Waals surface area contributed by atoms with Crippen LogP contribution in [0, 0.1) is 0 Å². The minimum absolute atomic E-state index is 0.345. The van der Waals surface area contributed by atoms with Crippen LogP contribution in [0.2, 0.25) is 0 Å². The zero-order valence-corrected chi connectivity index (χ0v) is 14.9. The SMILES string of the molecule is CCc1cccc(NC(N)=NCc2cn(-c3ccc(OC)cc3)nn2)c1. The lowest BCUT2D eigenvalue weighted by Gasteiger charge is -2.06. The summed E-state index contributed by atoms with van der Waals surface area (Å²) in [6.07, 6.45) is 2.80. The third kappa shape index (κ3) is 4.38. The van der Waals surface area contributed by atoms with Crippen LogP contribution in [0.5, 0.6) is 5.75 Å². The van der Waals surface area contributed by atoms with Gasteiger partial charge in [-0.1, -0.05) is 24.3 Å². The lowest BCUT2D eigenvalue weighted by molar-refractivity contribution is 0.414. The second kappa shape index (κ2) is 8.15. The van der Waals surface area contributed by atoms with Crippen molar-refractivity contribution in [1.29, 1.82) is 0 Å². The molecule has 3 rings (SSSR count). The number of nitrogens with one attached hydrogen (secondary N) is 1. The van der Waals surface area contributed by atoms with Gasteiger partial charge < -0.3 is 15.8 Å². The third-order valence-electron chi connectivity index (χ3n) is 3.90. The number of aliphatic imine (C=N–C) groups is 1. The standard InChI is InChI=1S/C19H22N6O/c1-3-14-5-4-6-15(11-14)22-19(20)21-12-16-13-25(24-23-16)17-7-9-18(26-2)10-8-17/h4-11,13H,3,12H2,1-2H3,(H3,20,21,22). The molecule has 0 aliphatic heterocycles. The summed E-state index contributed by atoms with van der Waals surface area (Å²) in [5.41, 5.74) is 9.76. The molecule has 0 fully saturated rings. The van der Waals surface area contributed by atoms with Gasteiger partial charge in [0.1, 0.15) is 11.4 Å². The van der Waals surface area contributed by atoms with Crippen LogP contribution < -0.4 is 15.8 Å². The summed E-state index contributed by atoms with van der Waals surface area (Å²) in [7, 11) is 1.64. The largest absolute Gasteiger partial charge is 0.497 e. The molecule has 26 heavy (non-hydrogen) atoms. The number of nitrogens with zero attached hydrogens (tertiary/aromatic N) is 4. The van der Waals surface area contributed by atoms with Crippen LogP contribution in [0.4, 0.5) is 5.69 Å². The van der Waals surface area contributed by atoms with E-state index in [0.29, 0.717) is 12.5 Å². The van der Waals surface area contributed by atoms with Gasteiger partial charge in [0.2, 0.25) is 0 Å². The van der Waals surface area contributed by atoms with Crippen molar-refractivity contribution in [1.82, 2.24) is 15.0 Å². The van der Waals surface area contributed by atoms with Crippen LogP contribution in [-0.4, -0.2) is 28.1 Å². The number of hydrogen-bond donors (Lipinski definition) is 2. The highest BCUT2D eigenvalue weighted by Crippen LogP contribution is 2.14. The molecule has 7 nitrogen and oxygen atoms in total. The van der Waals surface area contributed by atoms with E-state index in [1.54, 1.807) is 11.8 Å². The average molecular weight is 350 g/mol. The highest BCUT2D eigenvalue weighted by atomic mass is 16.5. The van der Waals surface area contributed by atoms with Gasteiger partial charge in [0.05, 0.1) is 25.5 Å². The molecule has 0 aliphatic carbocycles. The highest BCUT2D eigenvalue weighted by Gasteiger charge is 2.03. The molecule has 0 spiro atoms. The quantitative estimate of drug-likeness (QED) is 0.527. The number of hydrogen-bond acceptors (Lipinski definition) is 4. The van der Waals surface area contributed by atoms with Crippen molar-refractivity contribution in [2.45, 2.75) is 19.9 Å². The second-order valence-corrected chi connectivity index (χ2v) is 5.73. The van der Waals surface area contributed by atoms with Gasteiger partial charge in [-0.15, -0.1) is 5.10 Å². The first kappa shape index (κ1) is 17.5. The Labute approximate surface area is 152 Å². The maximum atomic E-state index is 5.96. The number of methoxy groups -OCH3 is 1. The first-order chi connectivity index (χ1) is 12.7. The van der Waals surface area contributed by atoms with Gasteiger partial charge in [0, 0.05) is 5.69 Å². The molecule has 0 amide bonds. The van der Waals surface area contributed by atoms with Gasteiger partial charge in [0.25, 0.3) is 0 Å². The molecular formula is C19H22N6O. The minimum Gasteiger partial charge on any atom is -0.497 e. The summed E-state index contributed by atoms with van der Waals surface area (Å²) in [6.45, 7) is 2.46. The Hall–Kier alpha value is -3.35. The molecule has 0 saturated heterocycles. The molecule has 3 N–H and O–H groups in total. The zero-order chi connectivity index (χ0) is 18.4. The van der Waals surface area contributed by atoms with Crippen molar-refractivity contribution < 1.29 is 4.74 Å². The van der Waals surface area contributed by atoms with E-state index < -0.39 is 0 Å². The Morgan fingerprint density at radius 2 is 2.04 bits per heavy atom. The Morgan fingerprint density at radius 1 is 1.23 bits per heavy atom. The molecular weight excluding hydrogens is 328 g/mol. The Kier molecular flexibility index (Phi) is 5.48. The molecule has 7 heteroatoms. The van der Waals surface area contributed by atoms with Crippen molar-refractivity contribution in [3.05, 3.63) is 66.0 Å². The van der Waals surface area contributed by atoms with Crippen LogP contribution in [0.3, 0.4) is 0 Å². The van der Waals surface area contributed by atoms with Crippen molar-refractivity contribution in [2.24, 2.45) is 10.7 Å². The van der Waals surface area contributed by atoms with Crippen molar-refractivity contribution in [3.63, 3.8) is 0 Å². The van der Waals surface area contributed by atoms with Crippen LogP contribution in [-0.2, 0) is 13.0 Å². The molecule has 0 atom stereocenters. The molecule has 0 unspecified atom stereocenters. The highest BCUT2D eigenvalue weighted by molar-refractivity contribution is 5.92. The third-order valence-corrected chi connectivity index (χ3v) is 3.90. The number of benzene rings is 2. The molecule has 134 valence electrons. The number of nitrogens with two attached hydrogens (primary N) is 1. The fourth-order valence-electron chi connectivity index (χ4n) is 2.45. The molecule has 1 heterocycles. The molecule has 3 aromatic rings. The molecule has 0 bridgehead atoms. The van der Waals surface area contributed by atoms with Crippen molar-refractivity contribution in [2.75, 3.05) is 12.4 Å². The summed E-state index contributed by atoms with van der Waals surface area (Å²) >= 11 is 0. The Balaban J connectivity index is 1.63. The van der Waals surface area contributed by atoms with E-state index in [-0.39, 0.29) is 0 Å². The number of rotatable bonds is 6. The number of aromatic nitrogens is 3. The van der Waals surface area contributed by atoms with E-state index in [1.165, 1.54) is 5.56 Å². The minimum atomic E-state index is 0.345. The van der Waals surface area contributed by atoms with E-state index in [2.05, 4.69) is 39.7 Å². The predicted octanol–water partition coefficient (Wildman–Crippen LogP) is 2.77. The maximum Gasteiger partial charge on any atom is 0.193 e. The average Bonchev–Trinajstić information content (AvgIpc) is 3.15. The maximum absolute atomic E-state index is 5.96. The van der Waals surface area contributed by atoms with Gasteiger partial charge in [-0.3, -0.25) is 0 Å². The Morgan fingerprint density at radius 3 is 2.77 bits per heavy atom. The van der Waals surface area contributed by atoms with Gasteiger partial charge in [-0.25, -0.2) is 9.67 Å². The fourth-order valence-corrected chi connectivity index (χ4v) is 2.45. The number of aryl methyl sites for hydroxylation is 1. The Bertz CT molecular complexity index is 885. The van der Waals surface area contributed by atoms with E-state index in [1.807, 2.05) is 42.6 Å². The van der Waals surface area contributed by atoms with Crippen LogP contribution in [0.25, 0.3) is 5.69 Å². The van der Waals surface area contributed by atoms with E-state index >= 15 is 0 Å². The predicted molar refractivity (Wildman–Crippen MR) is 103 cm³/mol. The molecule has 0 aliphatic rings. The molecule has 0 saturated carbocycles. The molecule has 0 radical (unpaired) electrons. The van der Waals surface area contributed by atoms with Gasteiger partial charge in [-0.2, -0.15) is 0 Å². The summed E-state index contributed by atoms with van der Waals surface area (Å²) in [6, 6.07) is 15.7.